The molecular weight excluding hydrogens is 260 g/mol. The van der Waals surface area contributed by atoms with Crippen molar-refractivity contribution in [1.29, 1.82) is 0 Å². The summed E-state index contributed by atoms with van der Waals surface area (Å²) in [5.74, 6) is -4.01. The summed E-state index contributed by atoms with van der Waals surface area (Å²) >= 11 is 0. The Kier molecular flexibility index (Phi) is 4.07. The van der Waals surface area contributed by atoms with Crippen LogP contribution in [0.2, 0.25) is 0 Å². The summed E-state index contributed by atoms with van der Waals surface area (Å²) in [6, 6.07) is -2.73. The van der Waals surface area contributed by atoms with E-state index in [-0.39, 0.29) is 0 Å². The van der Waals surface area contributed by atoms with Crippen LogP contribution in [0, 0.1) is 0 Å². The Balaban J connectivity index is 2.99. The van der Waals surface area contributed by atoms with Crippen LogP contribution in [0.3, 0.4) is 0 Å². The van der Waals surface area contributed by atoms with Crippen LogP contribution in [0.25, 0.3) is 0 Å². The highest BCUT2D eigenvalue weighted by atomic mass is 19.3. The number of likely N-dealkylation sites (tertiary alicyclic amines) is 1. The second-order valence-electron chi connectivity index (χ2n) is 5.57. The molecule has 1 saturated heterocycles. The van der Waals surface area contributed by atoms with Gasteiger partial charge in [-0.15, -0.1) is 0 Å². The molecule has 1 aliphatic heterocycles. The van der Waals surface area contributed by atoms with E-state index < -0.39 is 42.1 Å². The summed E-state index contributed by atoms with van der Waals surface area (Å²) in [7, 11) is 1.09. The monoisotopic (exact) mass is 279 g/mol. The molecule has 7 heteroatoms. The molecule has 0 aromatic carbocycles. The van der Waals surface area contributed by atoms with Crippen molar-refractivity contribution in [2.45, 2.75) is 57.7 Å². The predicted octanol–water partition coefficient (Wildman–Crippen LogP) is 2.19. The molecule has 5 nitrogen and oxygen atoms in total. The number of halogens is 2. The Morgan fingerprint density at radius 1 is 1.32 bits per heavy atom. The van der Waals surface area contributed by atoms with Crippen LogP contribution in [0.4, 0.5) is 13.6 Å². The highest BCUT2D eigenvalue weighted by Gasteiger charge is 2.57. The van der Waals surface area contributed by atoms with E-state index in [1.807, 2.05) is 0 Å². The van der Waals surface area contributed by atoms with Crippen LogP contribution < -0.4 is 0 Å². The standard InChI is InChI=1S/C12H19F2NO4/c1-7-12(13,14)6-8(9(16)18-5)15(7)10(17)19-11(2,3)4/h7-8H,6H2,1-5H3. The molecular formula is C12H19F2NO4. The van der Waals surface area contributed by atoms with E-state index in [2.05, 4.69) is 4.74 Å². The number of rotatable bonds is 1. The van der Waals surface area contributed by atoms with Gasteiger partial charge < -0.3 is 9.47 Å². The van der Waals surface area contributed by atoms with Gasteiger partial charge in [0.2, 0.25) is 0 Å². The van der Waals surface area contributed by atoms with Crippen molar-refractivity contribution in [2.75, 3.05) is 7.11 Å². The molecule has 0 aromatic heterocycles. The van der Waals surface area contributed by atoms with Crippen LogP contribution in [0.1, 0.15) is 34.1 Å². The lowest BCUT2D eigenvalue weighted by molar-refractivity contribution is -0.146. The first-order chi connectivity index (χ1) is 8.49. The van der Waals surface area contributed by atoms with E-state index in [1.165, 1.54) is 6.92 Å². The zero-order chi connectivity index (χ0) is 15.0. The lowest BCUT2D eigenvalue weighted by Crippen LogP contribution is -2.48. The van der Waals surface area contributed by atoms with Crippen molar-refractivity contribution in [3.8, 4) is 0 Å². The van der Waals surface area contributed by atoms with Crippen LogP contribution >= 0.6 is 0 Å². The van der Waals surface area contributed by atoms with Crippen molar-refractivity contribution in [1.82, 2.24) is 4.90 Å². The summed E-state index contributed by atoms with van der Waals surface area (Å²) in [5, 5.41) is 0. The zero-order valence-electron chi connectivity index (χ0n) is 11.7. The summed E-state index contributed by atoms with van der Waals surface area (Å²) in [6.07, 6.45) is -1.69. The minimum Gasteiger partial charge on any atom is -0.467 e. The maximum absolute atomic E-state index is 13.7. The first kappa shape index (κ1) is 15.7. The second-order valence-corrected chi connectivity index (χ2v) is 5.57. The number of alkyl halides is 2. The number of hydrogen-bond acceptors (Lipinski definition) is 4. The quantitative estimate of drug-likeness (QED) is 0.690. The van der Waals surface area contributed by atoms with Crippen LogP contribution in [0.5, 0.6) is 0 Å². The van der Waals surface area contributed by atoms with Crippen LogP contribution in [-0.2, 0) is 14.3 Å². The van der Waals surface area contributed by atoms with Gasteiger partial charge in [-0.2, -0.15) is 0 Å². The smallest absolute Gasteiger partial charge is 0.411 e. The molecule has 19 heavy (non-hydrogen) atoms. The second kappa shape index (κ2) is 4.94. The average Bonchev–Trinajstić information content (AvgIpc) is 2.47. The number of ether oxygens (including phenoxy) is 2. The molecule has 110 valence electrons. The zero-order valence-corrected chi connectivity index (χ0v) is 11.7. The summed E-state index contributed by atoms with van der Waals surface area (Å²) in [5.41, 5.74) is -0.824. The molecule has 2 unspecified atom stereocenters. The molecule has 0 spiro atoms. The van der Waals surface area contributed by atoms with Crippen LogP contribution in [-0.4, -0.2) is 47.7 Å². The predicted molar refractivity (Wildman–Crippen MR) is 62.9 cm³/mol. The lowest BCUT2D eigenvalue weighted by atomic mass is 10.1. The van der Waals surface area contributed by atoms with Gasteiger partial charge in [0, 0.05) is 6.42 Å². The van der Waals surface area contributed by atoms with Gasteiger partial charge in [-0.25, -0.2) is 18.4 Å². The SMILES string of the molecule is COC(=O)C1CC(F)(F)C(C)N1C(=O)OC(C)(C)C. The molecule has 0 radical (unpaired) electrons. The van der Waals surface area contributed by atoms with Gasteiger partial charge in [0.15, 0.2) is 0 Å². The van der Waals surface area contributed by atoms with Crippen molar-refractivity contribution >= 4 is 12.1 Å². The number of methoxy groups -OCH3 is 1. The number of hydrogen-bond donors (Lipinski definition) is 0. The summed E-state index contributed by atoms with van der Waals surface area (Å²) < 4.78 is 36.9. The Hall–Kier alpha value is -1.40. The van der Waals surface area contributed by atoms with Crippen molar-refractivity contribution in [3.05, 3.63) is 0 Å². The van der Waals surface area contributed by atoms with Gasteiger partial charge in [-0.3, -0.25) is 4.90 Å². The number of esters is 1. The minimum atomic E-state index is -3.14. The molecule has 1 amide bonds. The summed E-state index contributed by atoms with van der Waals surface area (Å²) in [6.45, 7) is 6.05. The fourth-order valence-electron chi connectivity index (χ4n) is 1.93. The van der Waals surface area contributed by atoms with Gasteiger partial charge in [-0.1, -0.05) is 0 Å². The number of nitrogens with zero attached hydrogens (tertiary/aromatic N) is 1. The third-order valence-electron chi connectivity index (χ3n) is 2.91. The Labute approximate surface area is 110 Å². The van der Waals surface area contributed by atoms with Crippen LogP contribution in [0.15, 0.2) is 0 Å². The highest BCUT2D eigenvalue weighted by Crippen LogP contribution is 2.39. The number of carbonyl (C=O) groups is 2. The normalized spacial score (nSPS) is 26.2. The molecule has 1 heterocycles. The van der Waals surface area contributed by atoms with E-state index in [9.17, 15) is 18.4 Å². The van der Waals surface area contributed by atoms with Crippen molar-refractivity contribution in [2.24, 2.45) is 0 Å². The van der Waals surface area contributed by atoms with E-state index in [4.69, 9.17) is 4.74 Å². The molecule has 1 aliphatic rings. The third kappa shape index (κ3) is 3.33. The molecule has 0 bridgehead atoms. The van der Waals surface area contributed by atoms with Crippen molar-refractivity contribution < 1.29 is 27.8 Å². The molecule has 1 fully saturated rings. The van der Waals surface area contributed by atoms with E-state index >= 15 is 0 Å². The first-order valence-electron chi connectivity index (χ1n) is 5.96. The topological polar surface area (TPSA) is 55.8 Å². The Bertz CT molecular complexity index is 378. The van der Waals surface area contributed by atoms with E-state index in [0.29, 0.717) is 0 Å². The van der Waals surface area contributed by atoms with Gasteiger partial charge in [-0.05, 0) is 27.7 Å². The maximum Gasteiger partial charge on any atom is 0.411 e. The molecule has 0 aliphatic carbocycles. The van der Waals surface area contributed by atoms with Gasteiger partial charge >= 0.3 is 12.1 Å². The van der Waals surface area contributed by atoms with Gasteiger partial charge in [0.1, 0.15) is 11.6 Å². The molecule has 0 aromatic rings. The Morgan fingerprint density at radius 3 is 2.26 bits per heavy atom. The van der Waals surface area contributed by atoms with Gasteiger partial charge in [0.05, 0.1) is 13.2 Å². The molecule has 2 atom stereocenters. The fourth-order valence-corrected chi connectivity index (χ4v) is 1.93. The van der Waals surface area contributed by atoms with Gasteiger partial charge in [0.25, 0.3) is 5.92 Å². The third-order valence-corrected chi connectivity index (χ3v) is 2.91. The molecule has 0 N–H and O–H groups in total. The first-order valence-corrected chi connectivity index (χ1v) is 5.96. The summed E-state index contributed by atoms with van der Waals surface area (Å²) in [4.78, 5) is 24.2. The van der Waals surface area contributed by atoms with E-state index in [1.54, 1.807) is 20.8 Å². The fraction of sp³-hybridized carbons (Fsp3) is 0.833. The molecule has 1 rings (SSSR count). The van der Waals surface area contributed by atoms with E-state index in [0.717, 1.165) is 12.0 Å². The number of carbonyl (C=O) groups excluding carboxylic acids is 2. The average molecular weight is 279 g/mol. The minimum absolute atomic E-state index is 0.750. The number of amides is 1. The lowest BCUT2D eigenvalue weighted by Gasteiger charge is -2.30. The highest BCUT2D eigenvalue weighted by molar-refractivity contribution is 5.82. The Morgan fingerprint density at radius 2 is 1.84 bits per heavy atom. The largest absolute Gasteiger partial charge is 0.467 e. The molecule has 0 saturated carbocycles. The maximum atomic E-state index is 13.7. The van der Waals surface area contributed by atoms with Crippen molar-refractivity contribution in [3.63, 3.8) is 0 Å².